The highest BCUT2D eigenvalue weighted by molar-refractivity contribution is 5.54. The number of nitro groups is 1. The van der Waals surface area contributed by atoms with Crippen molar-refractivity contribution in [3.05, 3.63) is 34.1 Å². The largest absolute Gasteiger partial charge is 0.391 e. The Kier molecular flexibility index (Phi) is 2.74. The summed E-state index contributed by atoms with van der Waals surface area (Å²) in [5, 5.41) is 19.9. The summed E-state index contributed by atoms with van der Waals surface area (Å²) < 4.78 is 13.1. The van der Waals surface area contributed by atoms with E-state index < -0.39 is 16.8 Å². The first-order valence-corrected chi connectivity index (χ1v) is 4.94. The molecule has 1 aliphatic rings. The molecular formula is C10H11FN2O3. The Morgan fingerprint density at radius 2 is 2.25 bits per heavy atom. The highest BCUT2D eigenvalue weighted by Gasteiger charge is 2.22. The Morgan fingerprint density at radius 1 is 1.50 bits per heavy atom. The zero-order valence-electron chi connectivity index (χ0n) is 8.47. The van der Waals surface area contributed by atoms with Gasteiger partial charge in [-0.05, 0) is 12.5 Å². The number of nitro benzene ring substituents is 1. The van der Waals surface area contributed by atoms with Crippen LogP contribution in [0.2, 0.25) is 0 Å². The van der Waals surface area contributed by atoms with Crippen molar-refractivity contribution in [2.24, 2.45) is 0 Å². The minimum absolute atomic E-state index is 0.267. The Labute approximate surface area is 91.3 Å². The predicted molar refractivity (Wildman–Crippen MR) is 55.9 cm³/mol. The van der Waals surface area contributed by atoms with Crippen LogP contribution >= 0.6 is 0 Å². The maximum absolute atomic E-state index is 13.1. The van der Waals surface area contributed by atoms with Crippen molar-refractivity contribution in [1.82, 2.24) is 0 Å². The maximum atomic E-state index is 13.1. The van der Waals surface area contributed by atoms with Gasteiger partial charge >= 0.3 is 0 Å². The van der Waals surface area contributed by atoms with Crippen molar-refractivity contribution in [2.75, 3.05) is 18.0 Å². The van der Waals surface area contributed by atoms with E-state index in [-0.39, 0.29) is 5.69 Å². The molecule has 0 radical (unpaired) electrons. The fraction of sp³-hybridized carbons (Fsp3) is 0.400. The van der Waals surface area contributed by atoms with Crippen LogP contribution in [0.15, 0.2) is 18.2 Å². The molecule has 1 aromatic carbocycles. The number of β-amino-alcohol motifs (C(OH)–C–C–N with tert-alkyl or cyclic N) is 1. The van der Waals surface area contributed by atoms with E-state index in [1.807, 2.05) is 0 Å². The number of halogens is 1. The first-order chi connectivity index (χ1) is 7.56. The van der Waals surface area contributed by atoms with Gasteiger partial charge in [0.05, 0.1) is 17.1 Å². The van der Waals surface area contributed by atoms with E-state index in [2.05, 4.69) is 0 Å². The van der Waals surface area contributed by atoms with E-state index in [1.54, 1.807) is 4.90 Å². The summed E-state index contributed by atoms with van der Waals surface area (Å²) in [7, 11) is 0. The summed E-state index contributed by atoms with van der Waals surface area (Å²) in [4.78, 5) is 11.7. The third kappa shape index (κ3) is 2.11. The Bertz CT molecular complexity index is 425. The van der Waals surface area contributed by atoms with Gasteiger partial charge in [0.25, 0.3) is 5.69 Å². The first kappa shape index (κ1) is 10.8. The van der Waals surface area contributed by atoms with Crippen LogP contribution in [-0.2, 0) is 0 Å². The summed E-state index contributed by atoms with van der Waals surface area (Å²) in [6.07, 6.45) is 0.159. The molecule has 1 heterocycles. The van der Waals surface area contributed by atoms with Crippen LogP contribution in [-0.4, -0.2) is 29.2 Å². The molecule has 0 amide bonds. The van der Waals surface area contributed by atoms with Gasteiger partial charge in [-0.15, -0.1) is 0 Å². The lowest BCUT2D eigenvalue weighted by Crippen LogP contribution is -2.21. The van der Waals surface area contributed by atoms with Crippen LogP contribution in [0.1, 0.15) is 6.42 Å². The van der Waals surface area contributed by atoms with Crippen LogP contribution in [0.4, 0.5) is 15.8 Å². The average molecular weight is 226 g/mol. The van der Waals surface area contributed by atoms with Crippen molar-refractivity contribution in [2.45, 2.75) is 12.5 Å². The molecule has 0 aromatic heterocycles. The second-order valence-electron chi connectivity index (χ2n) is 3.81. The van der Waals surface area contributed by atoms with Crippen molar-refractivity contribution >= 4 is 11.4 Å². The van der Waals surface area contributed by atoms with E-state index in [1.165, 1.54) is 12.1 Å². The van der Waals surface area contributed by atoms with E-state index >= 15 is 0 Å². The molecule has 1 aromatic rings. The van der Waals surface area contributed by atoms with Gasteiger partial charge in [-0.2, -0.15) is 0 Å². The van der Waals surface area contributed by atoms with Gasteiger partial charge in [-0.3, -0.25) is 10.1 Å². The summed E-state index contributed by atoms with van der Waals surface area (Å²) in [6.45, 7) is 0.975. The Morgan fingerprint density at radius 3 is 2.81 bits per heavy atom. The van der Waals surface area contributed by atoms with Gasteiger partial charge in [0.1, 0.15) is 5.82 Å². The average Bonchev–Trinajstić information content (AvgIpc) is 2.64. The second-order valence-corrected chi connectivity index (χ2v) is 3.81. The Hall–Kier alpha value is -1.69. The zero-order valence-corrected chi connectivity index (χ0v) is 8.47. The molecule has 5 nitrogen and oxygen atoms in total. The van der Waals surface area contributed by atoms with Crippen LogP contribution in [0, 0.1) is 15.9 Å². The molecule has 2 rings (SSSR count). The number of benzene rings is 1. The van der Waals surface area contributed by atoms with E-state index in [4.69, 9.17) is 0 Å². The highest BCUT2D eigenvalue weighted by atomic mass is 19.1. The number of hydrogen-bond donors (Lipinski definition) is 1. The lowest BCUT2D eigenvalue weighted by Gasteiger charge is -2.17. The first-order valence-electron chi connectivity index (χ1n) is 4.94. The molecule has 1 aliphatic heterocycles. The molecule has 86 valence electrons. The van der Waals surface area contributed by atoms with Crippen molar-refractivity contribution < 1.29 is 14.4 Å². The number of nitrogens with zero attached hydrogens (tertiary/aromatic N) is 2. The Balaban J connectivity index is 2.30. The monoisotopic (exact) mass is 226 g/mol. The topological polar surface area (TPSA) is 66.6 Å². The van der Waals surface area contributed by atoms with E-state index in [0.717, 1.165) is 6.07 Å². The van der Waals surface area contributed by atoms with Crippen molar-refractivity contribution in [3.63, 3.8) is 0 Å². The smallest absolute Gasteiger partial charge is 0.274 e. The summed E-state index contributed by atoms with van der Waals surface area (Å²) >= 11 is 0. The van der Waals surface area contributed by atoms with Crippen LogP contribution in [0.3, 0.4) is 0 Å². The number of anilines is 1. The molecule has 1 saturated heterocycles. The van der Waals surface area contributed by atoms with Gasteiger partial charge in [0.2, 0.25) is 0 Å². The molecule has 1 fully saturated rings. The van der Waals surface area contributed by atoms with Gasteiger partial charge < -0.3 is 10.0 Å². The SMILES string of the molecule is O=[N+]([O-])c1cc(F)cc(N2CCC(O)C2)c1. The number of aliphatic hydroxyl groups is 1. The molecule has 0 saturated carbocycles. The molecule has 0 bridgehead atoms. The second kappa shape index (κ2) is 4.05. The van der Waals surface area contributed by atoms with Gasteiger partial charge in [0, 0.05) is 24.8 Å². The minimum Gasteiger partial charge on any atom is -0.391 e. The summed E-state index contributed by atoms with van der Waals surface area (Å²) in [5.74, 6) is -0.634. The lowest BCUT2D eigenvalue weighted by molar-refractivity contribution is -0.385. The van der Waals surface area contributed by atoms with Crippen LogP contribution in [0.5, 0.6) is 0 Å². The van der Waals surface area contributed by atoms with Gasteiger partial charge in [-0.25, -0.2) is 4.39 Å². The van der Waals surface area contributed by atoms with Gasteiger partial charge in [-0.1, -0.05) is 0 Å². The minimum atomic E-state index is -0.634. The number of non-ortho nitro benzene ring substituents is 1. The van der Waals surface area contributed by atoms with Crippen molar-refractivity contribution in [1.29, 1.82) is 0 Å². The third-order valence-electron chi connectivity index (χ3n) is 2.61. The zero-order chi connectivity index (χ0) is 11.7. The molecule has 1 unspecified atom stereocenters. The standard InChI is InChI=1S/C10H11FN2O3/c11-7-3-8(5-9(4-7)13(15)16)12-2-1-10(14)6-12/h3-5,10,14H,1-2,6H2. The fourth-order valence-corrected chi connectivity index (χ4v) is 1.82. The third-order valence-corrected chi connectivity index (χ3v) is 2.61. The summed E-state index contributed by atoms with van der Waals surface area (Å²) in [6, 6.07) is 3.45. The normalized spacial score (nSPS) is 20.1. The quantitative estimate of drug-likeness (QED) is 0.609. The fourth-order valence-electron chi connectivity index (χ4n) is 1.82. The highest BCUT2D eigenvalue weighted by Crippen LogP contribution is 2.26. The van der Waals surface area contributed by atoms with Crippen LogP contribution < -0.4 is 4.90 Å². The van der Waals surface area contributed by atoms with Crippen LogP contribution in [0.25, 0.3) is 0 Å². The number of aliphatic hydroxyl groups excluding tert-OH is 1. The lowest BCUT2D eigenvalue weighted by atomic mass is 10.2. The molecule has 6 heteroatoms. The molecule has 0 spiro atoms. The number of hydrogen-bond acceptors (Lipinski definition) is 4. The molecule has 1 N–H and O–H groups in total. The maximum Gasteiger partial charge on any atom is 0.274 e. The van der Waals surface area contributed by atoms with Gasteiger partial charge in [0.15, 0.2) is 0 Å². The predicted octanol–water partition coefficient (Wildman–Crippen LogP) is 1.30. The molecule has 1 atom stereocenters. The molecular weight excluding hydrogens is 215 g/mol. The molecule has 16 heavy (non-hydrogen) atoms. The van der Waals surface area contributed by atoms with Crippen molar-refractivity contribution in [3.8, 4) is 0 Å². The van der Waals surface area contributed by atoms with E-state index in [9.17, 15) is 19.6 Å². The van der Waals surface area contributed by atoms with E-state index in [0.29, 0.717) is 25.2 Å². The molecule has 0 aliphatic carbocycles. The summed E-state index contributed by atoms with van der Waals surface area (Å²) in [5.41, 5.74) is 0.180. The number of rotatable bonds is 2.